The van der Waals surface area contributed by atoms with Gasteiger partial charge in [-0.05, 0) is 68.2 Å². The van der Waals surface area contributed by atoms with Crippen LogP contribution in [0.15, 0.2) is 48.5 Å². The lowest BCUT2D eigenvalue weighted by Crippen LogP contribution is -2.36. The predicted molar refractivity (Wildman–Crippen MR) is 117 cm³/mol. The third-order valence-corrected chi connectivity index (χ3v) is 6.03. The lowest BCUT2D eigenvalue weighted by atomic mass is 10.0. The molecule has 2 heterocycles. The van der Waals surface area contributed by atoms with E-state index in [0.29, 0.717) is 18.5 Å². The number of hydrogen-bond acceptors (Lipinski definition) is 4. The number of nitrogens with zero attached hydrogens (tertiary/aromatic N) is 2. The van der Waals surface area contributed by atoms with Gasteiger partial charge >= 0.3 is 0 Å². The molecule has 2 aliphatic heterocycles. The molecule has 0 aliphatic carbocycles. The van der Waals surface area contributed by atoms with Gasteiger partial charge in [-0.15, -0.1) is 0 Å². The molecule has 0 aromatic heterocycles. The van der Waals surface area contributed by atoms with Crippen LogP contribution in [0.3, 0.4) is 0 Å². The van der Waals surface area contributed by atoms with Gasteiger partial charge < -0.3 is 15.0 Å². The molecule has 2 fully saturated rings. The standard InChI is InChI=1S/C24H29N3O3/c1-30-21-11-9-18(10-12-21)22(26-13-2-3-14-26)17-25-24(29)19-6-4-7-20(16-19)27-15-5-8-23(27)28/h4,6-7,9-12,16,22H,2-3,5,8,13-15,17H2,1H3,(H,25,29). The first-order valence-corrected chi connectivity index (χ1v) is 10.7. The number of benzene rings is 2. The van der Waals surface area contributed by atoms with Crippen LogP contribution in [-0.4, -0.2) is 50.0 Å². The number of nitrogens with one attached hydrogen (secondary N) is 1. The monoisotopic (exact) mass is 407 g/mol. The number of ether oxygens (including phenoxy) is 1. The summed E-state index contributed by atoms with van der Waals surface area (Å²) in [7, 11) is 1.66. The number of rotatable bonds is 7. The van der Waals surface area contributed by atoms with Gasteiger partial charge in [0, 0.05) is 30.8 Å². The van der Waals surface area contributed by atoms with Crippen LogP contribution in [0.2, 0.25) is 0 Å². The summed E-state index contributed by atoms with van der Waals surface area (Å²) < 4.78 is 5.28. The van der Waals surface area contributed by atoms with Crippen molar-refractivity contribution in [1.29, 1.82) is 0 Å². The lowest BCUT2D eigenvalue weighted by Gasteiger charge is -2.28. The summed E-state index contributed by atoms with van der Waals surface area (Å²) in [6.45, 7) is 3.34. The van der Waals surface area contributed by atoms with Gasteiger partial charge in [-0.1, -0.05) is 18.2 Å². The summed E-state index contributed by atoms with van der Waals surface area (Å²) in [6, 6.07) is 15.6. The molecule has 0 spiro atoms. The first kappa shape index (κ1) is 20.4. The van der Waals surface area contributed by atoms with Crippen LogP contribution in [0, 0.1) is 0 Å². The summed E-state index contributed by atoms with van der Waals surface area (Å²) in [5.41, 5.74) is 2.56. The number of carbonyl (C=O) groups is 2. The first-order valence-electron chi connectivity index (χ1n) is 10.7. The highest BCUT2D eigenvalue weighted by Crippen LogP contribution is 2.27. The number of methoxy groups -OCH3 is 1. The summed E-state index contributed by atoms with van der Waals surface area (Å²) in [4.78, 5) is 29.1. The van der Waals surface area contributed by atoms with Crippen molar-refractivity contribution in [2.75, 3.05) is 38.2 Å². The molecule has 2 aromatic carbocycles. The van der Waals surface area contributed by atoms with E-state index in [1.165, 1.54) is 18.4 Å². The Hall–Kier alpha value is -2.86. The number of amides is 2. The maximum absolute atomic E-state index is 12.9. The molecule has 6 nitrogen and oxygen atoms in total. The van der Waals surface area contributed by atoms with E-state index < -0.39 is 0 Å². The molecule has 2 saturated heterocycles. The first-order chi connectivity index (χ1) is 14.7. The second kappa shape index (κ2) is 9.30. The normalized spacial score (nSPS) is 17.9. The van der Waals surface area contributed by atoms with Crippen LogP contribution >= 0.6 is 0 Å². The van der Waals surface area contributed by atoms with Gasteiger partial charge in [-0.2, -0.15) is 0 Å². The maximum Gasteiger partial charge on any atom is 0.251 e. The van der Waals surface area contributed by atoms with Gasteiger partial charge in [0.1, 0.15) is 5.75 Å². The molecule has 158 valence electrons. The van der Waals surface area contributed by atoms with Crippen molar-refractivity contribution in [2.24, 2.45) is 0 Å². The minimum atomic E-state index is -0.110. The molecule has 2 aliphatic rings. The Labute approximate surface area is 177 Å². The fraction of sp³-hybridized carbons (Fsp3) is 0.417. The fourth-order valence-electron chi connectivity index (χ4n) is 4.36. The summed E-state index contributed by atoms with van der Waals surface area (Å²) in [5.74, 6) is 0.846. The number of carbonyl (C=O) groups excluding carboxylic acids is 2. The van der Waals surface area contributed by atoms with E-state index in [9.17, 15) is 9.59 Å². The molecule has 30 heavy (non-hydrogen) atoms. The third-order valence-electron chi connectivity index (χ3n) is 6.03. The topological polar surface area (TPSA) is 61.9 Å². The smallest absolute Gasteiger partial charge is 0.251 e. The Morgan fingerprint density at radius 3 is 2.50 bits per heavy atom. The number of likely N-dealkylation sites (tertiary alicyclic amines) is 1. The molecule has 2 aromatic rings. The average molecular weight is 408 g/mol. The second-order valence-electron chi connectivity index (χ2n) is 7.94. The largest absolute Gasteiger partial charge is 0.497 e. The lowest BCUT2D eigenvalue weighted by molar-refractivity contribution is -0.117. The summed E-state index contributed by atoms with van der Waals surface area (Å²) in [5, 5.41) is 3.12. The van der Waals surface area contributed by atoms with Crippen molar-refractivity contribution in [3.05, 3.63) is 59.7 Å². The van der Waals surface area contributed by atoms with Gasteiger partial charge in [0.05, 0.1) is 13.2 Å². The van der Waals surface area contributed by atoms with Crippen LogP contribution < -0.4 is 15.0 Å². The minimum absolute atomic E-state index is 0.110. The van der Waals surface area contributed by atoms with E-state index in [-0.39, 0.29) is 17.9 Å². The van der Waals surface area contributed by atoms with Crippen LogP contribution in [-0.2, 0) is 4.79 Å². The van der Waals surface area contributed by atoms with Crippen molar-refractivity contribution < 1.29 is 14.3 Å². The molecule has 6 heteroatoms. The predicted octanol–water partition coefficient (Wildman–Crippen LogP) is 3.39. The molecule has 1 atom stereocenters. The third kappa shape index (κ3) is 4.49. The van der Waals surface area contributed by atoms with Crippen molar-refractivity contribution >= 4 is 17.5 Å². The van der Waals surface area contributed by atoms with E-state index in [4.69, 9.17) is 4.74 Å². The second-order valence-corrected chi connectivity index (χ2v) is 7.94. The fourth-order valence-corrected chi connectivity index (χ4v) is 4.36. The SMILES string of the molecule is COc1ccc(C(CNC(=O)c2cccc(N3CCCC3=O)c2)N2CCCC2)cc1. The van der Waals surface area contributed by atoms with Gasteiger partial charge in [0.15, 0.2) is 0 Å². The zero-order valence-corrected chi connectivity index (χ0v) is 17.5. The Morgan fingerprint density at radius 2 is 1.83 bits per heavy atom. The van der Waals surface area contributed by atoms with Crippen molar-refractivity contribution in [3.63, 3.8) is 0 Å². The molecule has 0 saturated carbocycles. The highest BCUT2D eigenvalue weighted by molar-refractivity contribution is 5.99. The van der Waals surface area contributed by atoms with E-state index >= 15 is 0 Å². The van der Waals surface area contributed by atoms with Gasteiger partial charge in [-0.25, -0.2) is 0 Å². The zero-order valence-electron chi connectivity index (χ0n) is 17.5. The average Bonchev–Trinajstić information content (AvgIpc) is 3.46. The van der Waals surface area contributed by atoms with Crippen LogP contribution in [0.1, 0.15) is 47.6 Å². The van der Waals surface area contributed by atoms with Crippen molar-refractivity contribution in [3.8, 4) is 5.75 Å². The Morgan fingerprint density at radius 1 is 1.07 bits per heavy atom. The van der Waals surface area contributed by atoms with E-state index in [1.54, 1.807) is 18.1 Å². The van der Waals surface area contributed by atoms with E-state index in [0.717, 1.165) is 37.5 Å². The molecule has 0 radical (unpaired) electrons. The van der Waals surface area contributed by atoms with Gasteiger partial charge in [0.25, 0.3) is 5.91 Å². The van der Waals surface area contributed by atoms with Gasteiger partial charge in [0.2, 0.25) is 5.91 Å². The quantitative estimate of drug-likeness (QED) is 0.764. The van der Waals surface area contributed by atoms with Crippen LogP contribution in [0.4, 0.5) is 5.69 Å². The number of anilines is 1. The highest BCUT2D eigenvalue weighted by atomic mass is 16.5. The molecule has 4 rings (SSSR count). The minimum Gasteiger partial charge on any atom is -0.497 e. The van der Waals surface area contributed by atoms with Crippen LogP contribution in [0.25, 0.3) is 0 Å². The Bertz CT molecular complexity index is 891. The highest BCUT2D eigenvalue weighted by Gasteiger charge is 2.25. The van der Waals surface area contributed by atoms with Crippen molar-refractivity contribution in [2.45, 2.75) is 31.7 Å². The zero-order chi connectivity index (χ0) is 20.9. The Balaban J connectivity index is 1.46. The molecular weight excluding hydrogens is 378 g/mol. The molecule has 1 N–H and O–H groups in total. The Kier molecular flexibility index (Phi) is 6.33. The van der Waals surface area contributed by atoms with Crippen LogP contribution in [0.5, 0.6) is 5.75 Å². The summed E-state index contributed by atoms with van der Waals surface area (Å²) >= 11 is 0. The molecule has 2 amide bonds. The van der Waals surface area contributed by atoms with Gasteiger partial charge in [-0.3, -0.25) is 14.5 Å². The van der Waals surface area contributed by atoms with E-state index in [1.807, 2.05) is 30.3 Å². The maximum atomic E-state index is 12.9. The summed E-state index contributed by atoms with van der Waals surface area (Å²) in [6.07, 6.45) is 3.82. The molecular formula is C24H29N3O3. The molecule has 1 unspecified atom stereocenters. The molecule has 0 bridgehead atoms. The number of hydrogen-bond donors (Lipinski definition) is 1. The van der Waals surface area contributed by atoms with Crippen molar-refractivity contribution in [1.82, 2.24) is 10.2 Å². The van der Waals surface area contributed by atoms with E-state index in [2.05, 4.69) is 22.3 Å².